The molecule has 1 atom stereocenters. The van der Waals surface area contributed by atoms with Crippen molar-refractivity contribution < 1.29 is 27.5 Å². The number of rotatable bonds is 3. The summed E-state index contributed by atoms with van der Waals surface area (Å²) in [5.41, 5.74) is -0.809. The predicted octanol–water partition coefficient (Wildman–Crippen LogP) is 2.48. The van der Waals surface area contributed by atoms with Gasteiger partial charge in [0, 0.05) is 19.7 Å². The number of carbonyl (C=O) groups excluding carboxylic acids is 1. The summed E-state index contributed by atoms with van der Waals surface area (Å²) in [4.78, 5) is 13.4. The van der Waals surface area contributed by atoms with Crippen LogP contribution in [0.25, 0.3) is 0 Å². The maximum Gasteiger partial charge on any atom is 0.257 e. The van der Waals surface area contributed by atoms with Gasteiger partial charge in [0.1, 0.15) is 0 Å². The zero-order chi connectivity index (χ0) is 15.6. The molecule has 1 heterocycles. The monoisotopic (exact) mass is 305 g/mol. The second-order valence-electron chi connectivity index (χ2n) is 5.12. The summed E-state index contributed by atoms with van der Waals surface area (Å²) in [6.07, 6.45) is 1.97. The average molecular weight is 305 g/mol. The molecule has 0 aromatic heterocycles. The van der Waals surface area contributed by atoms with Gasteiger partial charge in [0.15, 0.2) is 23.3 Å². The summed E-state index contributed by atoms with van der Waals surface area (Å²) in [5.74, 6) is -7.99. The van der Waals surface area contributed by atoms with Crippen molar-refractivity contribution in [1.82, 2.24) is 4.90 Å². The number of aliphatic hydroxyl groups excluding tert-OH is 1. The molecular formula is C14H15F4NO2. The number of piperidine rings is 1. The minimum absolute atomic E-state index is 0.0269. The number of carbonyl (C=O) groups is 1. The molecule has 1 amide bonds. The Balaban J connectivity index is 2.24. The molecule has 1 fully saturated rings. The maximum absolute atomic E-state index is 13.6. The lowest BCUT2D eigenvalue weighted by Crippen LogP contribution is -2.40. The van der Waals surface area contributed by atoms with Crippen molar-refractivity contribution in [2.45, 2.75) is 19.3 Å². The molecule has 1 aliphatic rings. The maximum atomic E-state index is 13.6. The van der Waals surface area contributed by atoms with Gasteiger partial charge in [-0.05, 0) is 31.2 Å². The van der Waals surface area contributed by atoms with E-state index in [-0.39, 0.29) is 19.1 Å². The van der Waals surface area contributed by atoms with E-state index in [1.165, 1.54) is 4.90 Å². The number of nitrogens with zero attached hydrogens (tertiary/aromatic N) is 1. The highest BCUT2D eigenvalue weighted by Gasteiger charge is 2.29. The van der Waals surface area contributed by atoms with E-state index in [0.717, 1.165) is 6.42 Å². The molecule has 7 heteroatoms. The first-order chi connectivity index (χ1) is 9.95. The van der Waals surface area contributed by atoms with Crippen LogP contribution in [0, 0.1) is 29.2 Å². The number of aliphatic hydroxyl groups is 1. The summed E-state index contributed by atoms with van der Waals surface area (Å²) in [6, 6.07) is 0.381. The SMILES string of the molecule is O=C(c1cc(F)c(F)c(F)c1F)N1CCCC(CCO)C1. The Hall–Kier alpha value is -1.63. The molecule has 0 bridgehead atoms. The molecule has 1 aliphatic heterocycles. The second kappa shape index (κ2) is 6.43. The lowest BCUT2D eigenvalue weighted by Gasteiger charge is -2.32. The molecule has 3 nitrogen and oxygen atoms in total. The third-order valence-corrected chi connectivity index (χ3v) is 3.68. The van der Waals surface area contributed by atoms with Gasteiger partial charge >= 0.3 is 0 Å². The minimum Gasteiger partial charge on any atom is -0.396 e. The van der Waals surface area contributed by atoms with E-state index in [1.54, 1.807) is 0 Å². The van der Waals surface area contributed by atoms with Crippen LogP contribution in [0.3, 0.4) is 0 Å². The lowest BCUT2D eigenvalue weighted by atomic mass is 9.94. The number of hydrogen-bond acceptors (Lipinski definition) is 2. The van der Waals surface area contributed by atoms with E-state index in [9.17, 15) is 22.4 Å². The first-order valence-electron chi connectivity index (χ1n) is 6.68. The molecule has 1 saturated heterocycles. The van der Waals surface area contributed by atoms with E-state index in [0.29, 0.717) is 25.5 Å². The Morgan fingerprint density at radius 2 is 1.95 bits per heavy atom. The fourth-order valence-corrected chi connectivity index (χ4v) is 2.57. The molecule has 1 N–H and O–H groups in total. The van der Waals surface area contributed by atoms with Crippen molar-refractivity contribution in [3.05, 3.63) is 34.9 Å². The normalized spacial score (nSPS) is 18.9. The van der Waals surface area contributed by atoms with Crippen LogP contribution < -0.4 is 0 Å². The molecule has 0 spiro atoms. The van der Waals surface area contributed by atoms with Gasteiger partial charge in [-0.1, -0.05) is 0 Å². The van der Waals surface area contributed by atoms with Crippen molar-refractivity contribution in [3.8, 4) is 0 Å². The number of likely N-dealkylation sites (tertiary alicyclic amines) is 1. The van der Waals surface area contributed by atoms with Crippen LogP contribution >= 0.6 is 0 Å². The molecule has 1 aromatic carbocycles. The van der Waals surface area contributed by atoms with E-state index in [2.05, 4.69) is 0 Å². The van der Waals surface area contributed by atoms with Crippen LogP contribution in [-0.4, -0.2) is 35.6 Å². The van der Waals surface area contributed by atoms with Crippen molar-refractivity contribution in [2.24, 2.45) is 5.92 Å². The molecule has 0 saturated carbocycles. The van der Waals surface area contributed by atoms with Gasteiger partial charge in [-0.25, -0.2) is 17.6 Å². The van der Waals surface area contributed by atoms with Gasteiger partial charge in [0.2, 0.25) is 0 Å². The summed E-state index contributed by atoms with van der Waals surface area (Å²) < 4.78 is 52.9. The first kappa shape index (κ1) is 15.8. The molecule has 0 aliphatic carbocycles. The third-order valence-electron chi connectivity index (χ3n) is 3.68. The minimum atomic E-state index is -1.98. The van der Waals surface area contributed by atoms with E-state index >= 15 is 0 Å². The quantitative estimate of drug-likeness (QED) is 0.529. The van der Waals surface area contributed by atoms with E-state index in [1.807, 2.05) is 0 Å². The molecule has 116 valence electrons. The van der Waals surface area contributed by atoms with Crippen molar-refractivity contribution >= 4 is 5.91 Å². The number of benzene rings is 1. The summed E-state index contributed by atoms with van der Waals surface area (Å²) in [6.45, 7) is 0.584. The van der Waals surface area contributed by atoms with Crippen molar-refractivity contribution in [1.29, 1.82) is 0 Å². The molecule has 1 unspecified atom stereocenters. The van der Waals surface area contributed by atoms with Crippen LogP contribution in [0.1, 0.15) is 29.6 Å². The van der Waals surface area contributed by atoms with E-state index in [4.69, 9.17) is 5.11 Å². The summed E-state index contributed by atoms with van der Waals surface area (Å²) in [7, 11) is 0. The van der Waals surface area contributed by atoms with Gasteiger partial charge in [-0.3, -0.25) is 4.79 Å². The average Bonchev–Trinajstić information content (AvgIpc) is 2.49. The Labute approximate surface area is 119 Å². The largest absolute Gasteiger partial charge is 0.396 e. The van der Waals surface area contributed by atoms with Gasteiger partial charge in [0.05, 0.1) is 5.56 Å². The van der Waals surface area contributed by atoms with Gasteiger partial charge < -0.3 is 10.0 Å². The van der Waals surface area contributed by atoms with Crippen LogP contribution in [0.4, 0.5) is 17.6 Å². The predicted molar refractivity (Wildman–Crippen MR) is 66.6 cm³/mol. The van der Waals surface area contributed by atoms with E-state index < -0.39 is 34.7 Å². The van der Waals surface area contributed by atoms with Gasteiger partial charge in [0.25, 0.3) is 5.91 Å². The first-order valence-corrected chi connectivity index (χ1v) is 6.68. The van der Waals surface area contributed by atoms with Crippen LogP contribution in [-0.2, 0) is 0 Å². The smallest absolute Gasteiger partial charge is 0.257 e. The fourth-order valence-electron chi connectivity index (χ4n) is 2.57. The number of hydrogen-bond donors (Lipinski definition) is 1. The van der Waals surface area contributed by atoms with Crippen molar-refractivity contribution in [2.75, 3.05) is 19.7 Å². The summed E-state index contributed by atoms with van der Waals surface area (Å²) in [5, 5.41) is 8.90. The Bertz CT molecular complexity index is 548. The Morgan fingerprint density at radius 3 is 2.62 bits per heavy atom. The van der Waals surface area contributed by atoms with Gasteiger partial charge in [-0.2, -0.15) is 0 Å². The zero-order valence-corrected chi connectivity index (χ0v) is 11.2. The second-order valence-corrected chi connectivity index (χ2v) is 5.12. The Morgan fingerprint density at radius 1 is 1.24 bits per heavy atom. The lowest BCUT2D eigenvalue weighted by molar-refractivity contribution is 0.0647. The van der Waals surface area contributed by atoms with Crippen LogP contribution in [0.15, 0.2) is 6.07 Å². The number of amides is 1. The highest BCUT2D eigenvalue weighted by Crippen LogP contribution is 2.24. The fraction of sp³-hybridized carbons (Fsp3) is 0.500. The standard InChI is InChI=1S/C14H15F4NO2/c15-10-6-9(11(16)13(18)12(10)17)14(21)19-4-1-2-8(7-19)3-5-20/h6,8,20H,1-5,7H2. The van der Waals surface area contributed by atoms with Gasteiger partial charge in [-0.15, -0.1) is 0 Å². The third kappa shape index (κ3) is 3.18. The molecule has 21 heavy (non-hydrogen) atoms. The number of halogens is 4. The Kier molecular flexibility index (Phi) is 4.82. The van der Waals surface area contributed by atoms with Crippen molar-refractivity contribution in [3.63, 3.8) is 0 Å². The molecular weight excluding hydrogens is 290 g/mol. The topological polar surface area (TPSA) is 40.5 Å². The summed E-state index contributed by atoms with van der Waals surface area (Å²) >= 11 is 0. The van der Waals surface area contributed by atoms with Crippen LogP contribution in [0.2, 0.25) is 0 Å². The highest BCUT2D eigenvalue weighted by atomic mass is 19.2. The molecule has 1 aromatic rings. The zero-order valence-electron chi connectivity index (χ0n) is 11.2. The van der Waals surface area contributed by atoms with Crippen LogP contribution in [0.5, 0.6) is 0 Å². The molecule has 0 radical (unpaired) electrons. The highest BCUT2D eigenvalue weighted by molar-refractivity contribution is 5.94. The molecule has 2 rings (SSSR count).